The van der Waals surface area contributed by atoms with Crippen LogP contribution in [0.15, 0.2) is 0 Å². The number of Topliss-reactive ketones (excluding diaryl/α,β-unsaturated/α-hetero) is 2. The van der Waals surface area contributed by atoms with Gasteiger partial charge in [0, 0.05) is 6.42 Å². The van der Waals surface area contributed by atoms with Crippen molar-refractivity contribution in [3.05, 3.63) is 0 Å². The molecule has 0 N–H and O–H groups in total. The molecule has 0 spiro atoms. The van der Waals surface area contributed by atoms with Crippen LogP contribution in [0, 0.1) is 0 Å². The number of hydrogen-bond acceptors (Lipinski definition) is 2. The largest absolute Gasteiger partial charge is 0.300 e. The third kappa shape index (κ3) is 5.21. The van der Waals surface area contributed by atoms with Crippen molar-refractivity contribution in [1.29, 1.82) is 0 Å². The van der Waals surface area contributed by atoms with E-state index < -0.39 is 0 Å². The molecule has 0 aromatic rings. The zero-order chi connectivity index (χ0) is 7.28. The van der Waals surface area contributed by atoms with Gasteiger partial charge in [0.05, 0.1) is 6.42 Å². The second-order valence-corrected chi connectivity index (χ2v) is 2.17. The van der Waals surface area contributed by atoms with Crippen LogP contribution >= 0.6 is 0 Å². The van der Waals surface area contributed by atoms with Crippen LogP contribution in [0.25, 0.3) is 0 Å². The van der Waals surface area contributed by atoms with Crippen LogP contribution in [0.4, 0.5) is 0 Å². The van der Waals surface area contributed by atoms with Gasteiger partial charge in [0.25, 0.3) is 0 Å². The summed E-state index contributed by atoms with van der Waals surface area (Å²) in [5.41, 5.74) is 0. The highest BCUT2D eigenvalue weighted by atomic mass is 16.1. The van der Waals surface area contributed by atoms with Crippen molar-refractivity contribution < 1.29 is 9.59 Å². The first kappa shape index (κ1) is 8.34. The highest BCUT2D eigenvalue weighted by Gasteiger charge is 2.01. The molecule has 2 heteroatoms. The van der Waals surface area contributed by atoms with Gasteiger partial charge in [0.15, 0.2) is 0 Å². The second-order valence-electron chi connectivity index (χ2n) is 2.17. The van der Waals surface area contributed by atoms with Gasteiger partial charge in [-0.05, 0) is 13.3 Å². The molecule has 2 nitrogen and oxygen atoms in total. The third-order valence-corrected chi connectivity index (χ3v) is 0.975. The van der Waals surface area contributed by atoms with E-state index >= 15 is 0 Å². The lowest BCUT2D eigenvalue weighted by Gasteiger charge is -1.91. The van der Waals surface area contributed by atoms with Crippen molar-refractivity contribution in [2.75, 3.05) is 0 Å². The van der Waals surface area contributed by atoms with Gasteiger partial charge in [0.2, 0.25) is 0 Å². The Hall–Kier alpha value is -0.660. The minimum Gasteiger partial charge on any atom is -0.300 e. The number of ketones is 2. The van der Waals surface area contributed by atoms with E-state index in [9.17, 15) is 9.59 Å². The molecule has 0 saturated carbocycles. The third-order valence-electron chi connectivity index (χ3n) is 0.975. The smallest absolute Gasteiger partial charge is 0.140 e. The highest BCUT2D eigenvalue weighted by Crippen LogP contribution is 1.93. The summed E-state index contributed by atoms with van der Waals surface area (Å²) < 4.78 is 0. The van der Waals surface area contributed by atoms with Crippen molar-refractivity contribution >= 4 is 11.6 Å². The van der Waals surface area contributed by atoms with Gasteiger partial charge in [-0.25, -0.2) is 0 Å². The van der Waals surface area contributed by atoms with Gasteiger partial charge < -0.3 is 0 Å². The Balaban J connectivity index is 3.39. The molecular formula is C7H12O2. The van der Waals surface area contributed by atoms with Crippen LogP contribution < -0.4 is 0 Å². The molecule has 0 unspecified atom stereocenters. The van der Waals surface area contributed by atoms with Gasteiger partial charge in [-0.15, -0.1) is 0 Å². The summed E-state index contributed by atoms with van der Waals surface area (Å²) in [7, 11) is 0. The number of hydrogen-bond donors (Lipinski definition) is 0. The van der Waals surface area contributed by atoms with E-state index in [1.165, 1.54) is 6.92 Å². The van der Waals surface area contributed by atoms with Crippen LogP contribution in [-0.4, -0.2) is 11.6 Å². The second kappa shape index (κ2) is 4.24. The summed E-state index contributed by atoms with van der Waals surface area (Å²) in [5, 5.41) is 0. The normalized spacial score (nSPS) is 9.11. The Morgan fingerprint density at radius 1 is 1.33 bits per heavy atom. The van der Waals surface area contributed by atoms with E-state index in [2.05, 4.69) is 0 Å². The van der Waals surface area contributed by atoms with Crippen molar-refractivity contribution in [2.45, 2.75) is 33.1 Å². The maximum Gasteiger partial charge on any atom is 0.140 e. The van der Waals surface area contributed by atoms with E-state index in [1.54, 1.807) is 0 Å². The molecule has 0 atom stereocenters. The predicted molar refractivity (Wildman–Crippen MR) is 35.2 cm³/mol. The fourth-order valence-electron chi connectivity index (χ4n) is 0.645. The van der Waals surface area contributed by atoms with Gasteiger partial charge in [-0.1, -0.05) is 6.92 Å². The summed E-state index contributed by atoms with van der Waals surface area (Å²) in [6.07, 6.45) is 1.50. The molecule has 9 heavy (non-hydrogen) atoms. The van der Waals surface area contributed by atoms with Crippen molar-refractivity contribution in [2.24, 2.45) is 0 Å². The predicted octanol–water partition coefficient (Wildman–Crippen LogP) is 1.33. The molecule has 0 fully saturated rings. The van der Waals surface area contributed by atoms with Crippen molar-refractivity contribution in [1.82, 2.24) is 0 Å². The molecule has 0 aliphatic rings. The molecule has 52 valence electrons. The SMILES string of the molecule is CCCC(=O)CC(C)=O. The maximum atomic E-state index is 10.6. The first-order chi connectivity index (χ1) is 4.16. The topological polar surface area (TPSA) is 34.1 Å². The van der Waals surface area contributed by atoms with E-state index in [-0.39, 0.29) is 18.0 Å². The average Bonchev–Trinajstić information content (AvgIpc) is 1.63. The zero-order valence-corrected chi connectivity index (χ0v) is 5.94. The van der Waals surface area contributed by atoms with Gasteiger partial charge in [-0.3, -0.25) is 9.59 Å². The Morgan fingerprint density at radius 2 is 1.89 bits per heavy atom. The van der Waals surface area contributed by atoms with Crippen LogP contribution in [-0.2, 0) is 9.59 Å². The molecule has 0 radical (unpaired) electrons. The van der Waals surface area contributed by atoms with Crippen LogP contribution in [0.1, 0.15) is 33.1 Å². The minimum absolute atomic E-state index is 0.0338. The quantitative estimate of drug-likeness (QED) is 0.535. The lowest BCUT2D eigenvalue weighted by Crippen LogP contribution is -2.02. The van der Waals surface area contributed by atoms with E-state index in [0.717, 1.165) is 6.42 Å². The van der Waals surface area contributed by atoms with Crippen LogP contribution in [0.2, 0.25) is 0 Å². The molecule has 0 amide bonds. The Kier molecular flexibility index (Phi) is 3.93. The fraction of sp³-hybridized carbons (Fsp3) is 0.714. The molecule has 0 aliphatic heterocycles. The Labute approximate surface area is 55.3 Å². The molecule has 0 aliphatic carbocycles. The first-order valence-electron chi connectivity index (χ1n) is 3.18. The molecular weight excluding hydrogens is 116 g/mol. The minimum atomic E-state index is -0.0338. The summed E-state index contributed by atoms with van der Waals surface area (Å²) in [6.45, 7) is 3.37. The standard InChI is InChI=1S/C7H12O2/c1-3-4-7(9)5-6(2)8/h3-5H2,1-2H3. The molecule has 0 bridgehead atoms. The lowest BCUT2D eigenvalue weighted by molar-refractivity contribution is -0.125. The molecule has 0 aromatic carbocycles. The van der Waals surface area contributed by atoms with Gasteiger partial charge >= 0.3 is 0 Å². The fourth-order valence-corrected chi connectivity index (χ4v) is 0.645. The summed E-state index contributed by atoms with van der Waals surface area (Å²) in [4.78, 5) is 20.9. The average molecular weight is 128 g/mol. The van der Waals surface area contributed by atoms with Crippen LogP contribution in [0.5, 0.6) is 0 Å². The molecule has 0 saturated heterocycles. The number of rotatable bonds is 4. The number of carbonyl (C=O) groups excluding carboxylic acids is 2. The monoisotopic (exact) mass is 128 g/mol. The maximum absolute atomic E-state index is 10.6. The van der Waals surface area contributed by atoms with Gasteiger partial charge in [-0.2, -0.15) is 0 Å². The number of carbonyl (C=O) groups is 2. The Morgan fingerprint density at radius 3 is 2.22 bits per heavy atom. The Bertz CT molecular complexity index is 116. The lowest BCUT2D eigenvalue weighted by atomic mass is 10.1. The van der Waals surface area contributed by atoms with E-state index in [1.807, 2.05) is 6.92 Å². The first-order valence-corrected chi connectivity index (χ1v) is 3.18. The van der Waals surface area contributed by atoms with E-state index in [4.69, 9.17) is 0 Å². The van der Waals surface area contributed by atoms with Gasteiger partial charge in [0.1, 0.15) is 11.6 Å². The molecule has 0 aromatic heterocycles. The summed E-state index contributed by atoms with van der Waals surface area (Å²) in [6, 6.07) is 0. The summed E-state index contributed by atoms with van der Waals surface area (Å²) >= 11 is 0. The van der Waals surface area contributed by atoms with Crippen LogP contribution in [0.3, 0.4) is 0 Å². The molecule has 0 heterocycles. The van der Waals surface area contributed by atoms with Crippen molar-refractivity contribution in [3.63, 3.8) is 0 Å². The molecule has 0 rings (SSSR count). The summed E-state index contributed by atoms with van der Waals surface area (Å²) in [5.74, 6) is 0.0263. The van der Waals surface area contributed by atoms with Crippen molar-refractivity contribution in [3.8, 4) is 0 Å². The van der Waals surface area contributed by atoms with E-state index in [0.29, 0.717) is 6.42 Å². The highest BCUT2D eigenvalue weighted by molar-refractivity contribution is 5.97. The zero-order valence-electron chi connectivity index (χ0n) is 5.94.